The third kappa shape index (κ3) is 7.70. The van der Waals surface area contributed by atoms with E-state index in [9.17, 15) is 0 Å². The molecule has 0 unspecified atom stereocenters. The molecular weight excluding hydrogens is 268 g/mol. The van der Waals surface area contributed by atoms with Gasteiger partial charge in [-0.1, -0.05) is 56.2 Å². The molecule has 20 heavy (non-hydrogen) atoms. The number of halogens is 1. The summed E-state index contributed by atoms with van der Waals surface area (Å²) in [5.41, 5.74) is 1.74. The van der Waals surface area contributed by atoms with Crippen LogP contribution in [-0.2, 0) is 0 Å². The van der Waals surface area contributed by atoms with E-state index < -0.39 is 0 Å². The minimum atomic E-state index is 0.827. The van der Waals surface area contributed by atoms with E-state index in [4.69, 9.17) is 11.6 Å². The number of rotatable bonds is 5. The molecule has 0 aliphatic rings. The first-order valence-electron chi connectivity index (χ1n) is 6.94. The van der Waals surface area contributed by atoms with Crippen LogP contribution in [0.4, 0.5) is 11.4 Å². The van der Waals surface area contributed by atoms with Gasteiger partial charge in [0.25, 0.3) is 0 Å². The summed E-state index contributed by atoms with van der Waals surface area (Å²) in [6.45, 7) is 2.17. The smallest absolute Gasteiger partial charge is 0.0857 e. The Kier molecular flexibility index (Phi) is 9.16. The lowest BCUT2D eigenvalue weighted by Crippen LogP contribution is -1.70. The molecule has 0 aromatic heterocycles. The van der Waals surface area contributed by atoms with Crippen molar-refractivity contribution in [3.8, 4) is 0 Å². The Bertz CT molecular complexity index is 423. The van der Waals surface area contributed by atoms with Crippen LogP contribution in [0.3, 0.4) is 0 Å². The summed E-state index contributed by atoms with van der Waals surface area (Å²) in [6, 6.07) is 19.4. The average Bonchev–Trinajstić information content (AvgIpc) is 2.53. The van der Waals surface area contributed by atoms with Gasteiger partial charge in [0.05, 0.1) is 11.4 Å². The van der Waals surface area contributed by atoms with Crippen molar-refractivity contribution in [3.63, 3.8) is 0 Å². The minimum absolute atomic E-state index is 0.827. The van der Waals surface area contributed by atoms with Crippen molar-refractivity contribution < 1.29 is 0 Å². The highest BCUT2D eigenvalue weighted by Gasteiger charge is 1.86. The standard InChI is InChI=1S/C12H10N2.C5H11Cl/c1-3-7-11(8-4-1)13-14-12-9-5-2-6-10-12;1-2-3-4-5-6/h1-10H;2-5H2,1H3. The largest absolute Gasteiger partial charge is 0.151 e. The summed E-state index contributed by atoms with van der Waals surface area (Å²) in [5, 5.41) is 8.20. The van der Waals surface area contributed by atoms with Crippen molar-refractivity contribution in [2.45, 2.75) is 26.2 Å². The first-order valence-corrected chi connectivity index (χ1v) is 7.48. The monoisotopic (exact) mass is 288 g/mol. The lowest BCUT2D eigenvalue weighted by atomic mass is 10.3. The topological polar surface area (TPSA) is 24.7 Å². The third-order valence-corrected chi connectivity index (χ3v) is 2.80. The van der Waals surface area contributed by atoms with Crippen molar-refractivity contribution in [2.24, 2.45) is 10.2 Å². The lowest BCUT2D eigenvalue weighted by Gasteiger charge is -1.91. The number of benzene rings is 2. The van der Waals surface area contributed by atoms with Gasteiger partial charge in [0, 0.05) is 5.88 Å². The summed E-state index contributed by atoms with van der Waals surface area (Å²) >= 11 is 5.38. The molecule has 2 rings (SSSR count). The van der Waals surface area contributed by atoms with E-state index in [0.717, 1.165) is 17.3 Å². The zero-order chi connectivity index (χ0) is 14.5. The molecule has 0 aliphatic heterocycles. The number of unbranched alkanes of at least 4 members (excludes halogenated alkanes) is 2. The fourth-order valence-corrected chi connectivity index (χ4v) is 1.64. The van der Waals surface area contributed by atoms with Crippen LogP contribution in [0.2, 0.25) is 0 Å². The van der Waals surface area contributed by atoms with Gasteiger partial charge in [-0.05, 0) is 30.7 Å². The van der Waals surface area contributed by atoms with E-state index >= 15 is 0 Å². The van der Waals surface area contributed by atoms with E-state index in [2.05, 4.69) is 17.2 Å². The zero-order valence-corrected chi connectivity index (χ0v) is 12.6. The van der Waals surface area contributed by atoms with Crippen LogP contribution >= 0.6 is 11.6 Å². The first kappa shape index (κ1) is 16.4. The van der Waals surface area contributed by atoms with Gasteiger partial charge < -0.3 is 0 Å². The number of hydrogen-bond acceptors (Lipinski definition) is 2. The Morgan fingerprint density at radius 3 is 1.50 bits per heavy atom. The SMILES string of the molecule is CCCCCCl.c1ccc(N=Nc2ccccc2)cc1. The van der Waals surface area contributed by atoms with Crippen LogP contribution in [-0.4, -0.2) is 5.88 Å². The van der Waals surface area contributed by atoms with Crippen molar-refractivity contribution >= 4 is 23.0 Å². The molecule has 2 aromatic carbocycles. The van der Waals surface area contributed by atoms with Crippen LogP contribution < -0.4 is 0 Å². The fraction of sp³-hybridized carbons (Fsp3) is 0.294. The predicted octanol–water partition coefficient (Wildman–Crippen LogP) is 6.52. The molecule has 0 radical (unpaired) electrons. The van der Waals surface area contributed by atoms with Gasteiger partial charge in [0.15, 0.2) is 0 Å². The first-order chi connectivity index (χ1) is 9.86. The van der Waals surface area contributed by atoms with Crippen LogP contribution in [0, 0.1) is 0 Å². The molecule has 0 bridgehead atoms. The average molecular weight is 289 g/mol. The van der Waals surface area contributed by atoms with Gasteiger partial charge in [0.1, 0.15) is 0 Å². The third-order valence-electron chi connectivity index (χ3n) is 2.53. The van der Waals surface area contributed by atoms with E-state index in [1.165, 1.54) is 19.3 Å². The van der Waals surface area contributed by atoms with Gasteiger partial charge in [-0.3, -0.25) is 0 Å². The lowest BCUT2D eigenvalue weighted by molar-refractivity contribution is 0.776. The summed E-state index contributed by atoms with van der Waals surface area (Å²) in [4.78, 5) is 0. The van der Waals surface area contributed by atoms with Crippen molar-refractivity contribution in [1.29, 1.82) is 0 Å². The van der Waals surface area contributed by atoms with Gasteiger partial charge in [-0.15, -0.1) is 11.6 Å². The quantitative estimate of drug-likeness (QED) is 0.340. The van der Waals surface area contributed by atoms with Crippen LogP contribution in [0.5, 0.6) is 0 Å². The highest BCUT2D eigenvalue weighted by Crippen LogP contribution is 2.16. The Balaban J connectivity index is 0.000000286. The van der Waals surface area contributed by atoms with Crippen molar-refractivity contribution in [1.82, 2.24) is 0 Å². The predicted molar refractivity (Wildman–Crippen MR) is 87.3 cm³/mol. The molecule has 2 aromatic rings. The highest BCUT2D eigenvalue weighted by molar-refractivity contribution is 6.17. The van der Waals surface area contributed by atoms with Crippen LogP contribution in [0.25, 0.3) is 0 Å². The van der Waals surface area contributed by atoms with E-state index in [1.54, 1.807) is 0 Å². The van der Waals surface area contributed by atoms with Crippen LogP contribution in [0.15, 0.2) is 70.9 Å². The Labute approximate surface area is 126 Å². The minimum Gasteiger partial charge on any atom is -0.151 e. The van der Waals surface area contributed by atoms with Gasteiger partial charge in [-0.2, -0.15) is 10.2 Å². The van der Waals surface area contributed by atoms with Gasteiger partial charge in [0.2, 0.25) is 0 Å². The van der Waals surface area contributed by atoms with Gasteiger partial charge in [-0.25, -0.2) is 0 Å². The highest BCUT2D eigenvalue weighted by atomic mass is 35.5. The molecule has 0 saturated carbocycles. The van der Waals surface area contributed by atoms with E-state index in [-0.39, 0.29) is 0 Å². The maximum atomic E-state index is 5.38. The normalized spacial score (nSPS) is 10.1. The number of nitrogens with zero attached hydrogens (tertiary/aromatic N) is 2. The summed E-state index contributed by atoms with van der Waals surface area (Å²) in [5.74, 6) is 0.827. The van der Waals surface area contributed by atoms with E-state index in [1.807, 2.05) is 60.7 Å². The van der Waals surface area contributed by atoms with Crippen molar-refractivity contribution in [3.05, 3.63) is 60.7 Å². The molecule has 0 spiro atoms. The number of alkyl halides is 1. The Hall–Kier alpha value is -1.67. The van der Waals surface area contributed by atoms with Crippen molar-refractivity contribution in [2.75, 3.05) is 5.88 Å². The maximum Gasteiger partial charge on any atom is 0.0857 e. The number of azo groups is 1. The number of hydrogen-bond donors (Lipinski definition) is 0. The molecule has 0 fully saturated rings. The molecule has 3 heteroatoms. The fourth-order valence-electron chi connectivity index (χ4n) is 1.45. The summed E-state index contributed by atoms with van der Waals surface area (Å²) in [6.07, 6.45) is 3.73. The molecular formula is C17H21ClN2. The maximum absolute atomic E-state index is 5.38. The second-order valence-corrected chi connectivity index (χ2v) is 4.65. The summed E-state index contributed by atoms with van der Waals surface area (Å²) < 4.78 is 0. The molecule has 0 aliphatic carbocycles. The Morgan fingerprint density at radius 2 is 1.20 bits per heavy atom. The Morgan fingerprint density at radius 1 is 0.750 bits per heavy atom. The second-order valence-electron chi connectivity index (χ2n) is 4.27. The van der Waals surface area contributed by atoms with E-state index in [0.29, 0.717) is 0 Å². The molecule has 106 valence electrons. The van der Waals surface area contributed by atoms with Gasteiger partial charge >= 0.3 is 0 Å². The molecule has 0 amide bonds. The molecule has 0 heterocycles. The second kappa shape index (κ2) is 11.2. The summed E-state index contributed by atoms with van der Waals surface area (Å²) in [7, 11) is 0. The molecule has 0 N–H and O–H groups in total. The van der Waals surface area contributed by atoms with Crippen LogP contribution in [0.1, 0.15) is 26.2 Å². The molecule has 0 saturated heterocycles. The zero-order valence-electron chi connectivity index (χ0n) is 11.9. The molecule has 2 nitrogen and oxygen atoms in total. The molecule has 0 atom stereocenters.